The van der Waals surface area contributed by atoms with Crippen molar-refractivity contribution < 1.29 is 19.1 Å². The van der Waals surface area contributed by atoms with Crippen LogP contribution in [0.1, 0.15) is 36.5 Å². The number of halogens is 1. The molecule has 0 fully saturated rings. The summed E-state index contributed by atoms with van der Waals surface area (Å²) < 4.78 is 10.7. The van der Waals surface area contributed by atoms with E-state index in [1.165, 1.54) is 0 Å². The number of benzene rings is 3. The van der Waals surface area contributed by atoms with E-state index in [9.17, 15) is 9.59 Å². The Morgan fingerprint density at radius 3 is 2.22 bits per heavy atom. The second-order valence-electron chi connectivity index (χ2n) is 8.83. The van der Waals surface area contributed by atoms with Crippen molar-refractivity contribution in [2.45, 2.75) is 45.2 Å². The molecule has 3 aromatic carbocycles. The fourth-order valence-electron chi connectivity index (χ4n) is 4.18. The molecule has 3 aromatic rings. The lowest BCUT2D eigenvalue weighted by atomic mass is 10.0. The molecule has 0 saturated carbocycles. The molecule has 2 amide bonds. The van der Waals surface area contributed by atoms with Crippen LogP contribution in [0, 0.1) is 0 Å². The van der Waals surface area contributed by atoms with E-state index < -0.39 is 6.04 Å². The van der Waals surface area contributed by atoms with Crippen molar-refractivity contribution >= 4 is 23.4 Å². The average molecular weight is 523 g/mol. The summed E-state index contributed by atoms with van der Waals surface area (Å²) >= 11 is 6.06. The molecule has 0 bridgehead atoms. The van der Waals surface area contributed by atoms with Crippen LogP contribution >= 0.6 is 11.6 Å². The van der Waals surface area contributed by atoms with Crippen molar-refractivity contribution in [2.75, 3.05) is 20.8 Å². The Bertz CT molecular complexity index is 1150. The quantitative estimate of drug-likeness (QED) is 0.324. The molecule has 1 unspecified atom stereocenters. The Labute approximate surface area is 224 Å². The number of carbonyl (C=O) groups is 2. The minimum atomic E-state index is -0.650. The highest BCUT2D eigenvalue weighted by Gasteiger charge is 2.29. The van der Waals surface area contributed by atoms with Gasteiger partial charge in [-0.3, -0.25) is 9.59 Å². The van der Waals surface area contributed by atoms with Crippen LogP contribution in [-0.2, 0) is 29.0 Å². The van der Waals surface area contributed by atoms with Crippen molar-refractivity contribution in [3.8, 4) is 11.5 Å². The lowest BCUT2D eigenvalue weighted by Crippen LogP contribution is -2.50. The Kier molecular flexibility index (Phi) is 10.8. The second kappa shape index (κ2) is 14.3. The molecule has 0 heterocycles. The van der Waals surface area contributed by atoms with Crippen molar-refractivity contribution in [3.63, 3.8) is 0 Å². The largest absolute Gasteiger partial charge is 0.493 e. The molecule has 0 aliphatic carbocycles. The van der Waals surface area contributed by atoms with Gasteiger partial charge in [-0.1, -0.05) is 67.1 Å². The minimum Gasteiger partial charge on any atom is -0.493 e. The number of nitrogens with one attached hydrogen (secondary N) is 1. The van der Waals surface area contributed by atoms with Crippen LogP contribution in [0.25, 0.3) is 0 Å². The van der Waals surface area contributed by atoms with Crippen LogP contribution in [-0.4, -0.2) is 43.5 Å². The standard InChI is InChI=1S/C30H35ClN2O4/c1-4-8-29(34)33(21-24-11-14-25(31)15-12-24)26(19-22-9-6-5-7-10-22)30(35)32-18-17-23-13-16-27(36-2)28(20-23)37-3/h5-7,9-16,20,26H,4,8,17-19,21H2,1-3H3,(H,32,35). The topological polar surface area (TPSA) is 67.9 Å². The molecule has 1 N–H and O–H groups in total. The molecular formula is C30H35ClN2O4. The first-order valence-electron chi connectivity index (χ1n) is 12.5. The first kappa shape index (κ1) is 28.1. The van der Waals surface area contributed by atoms with Crippen molar-refractivity contribution in [2.24, 2.45) is 0 Å². The predicted octanol–water partition coefficient (Wildman–Crippen LogP) is 5.46. The summed E-state index contributed by atoms with van der Waals surface area (Å²) in [5, 5.41) is 3.69. The monoisotopic (exact) mass is 522 g/mol. The summed E-state index contributed by atoms with van der Waals surface area (Å²) in [7, 11) is 3.19. The average Bonchev–Trinajstić information content (AvgIpc) is 2.92. The zero-order chi connectivity index (χ0) is 26.6. The maximum atomic E-state index is 13.6. The fourth-order valence-corrected chi connectivity index (χ4v) is 4.31. The van der Waals surface area contributed by atoms with Crippen LogP contribution in [0.4, 0.5) is 0 Å². The number of nitrogens with zero attached hydrogens (tertiary/aromatic N) is 1. The number of amides is 2. The number of hydrogen-bond donors (Lipinski definition) is 1. The highest BCUT2D eigenvalue weighted by Crippen LogP contribution is 2.27. The number of hydrogen-bond acceptors (Lipinski definition) is 4. The van der Waals surface area contributed by atoms with Crippen LogP contribution in [0.5, 0.6) is 11.5 Å². The molecule has 0 aliphatic rings. The first-order chi connectivity index (χ1) is 17.9. The van der Waals surface area contributed by atoms with Gasteiger partial charge in [-0.15, -0.1) is 0 Å². The van der Waals surface area contributed by atoms with Gasteiger partial charge in [0.15, 0.2) is 11.5 Å². The Morgan fingerprint density at radius 2 is 1.57 bits per heavy atom. The molecule has 0 aliphatic heterocycles. The van der Waals surface area contributed by atoms with E-state index in [2.05, 4.69) is 5.32 Å². The Morgan fingerprint density at radius 1 is 0.892 bits per heavy atom. The van der Waals surface area contributed by atoms with Crippen LogP contribution in [0.2, 0.25) is 5.02 Å². The van der Waals surface area contributed by atoms with Crippen molar-refractivity contribution in [1.82, 2.24) is 10.2 Å². The second-order valence-corrected chi connectivity index (χ2v) is 9.27. The molecule has 1 atom stereocenters. The molecule has 0 aromatic heterocycles. The first-order valence-corrected chi connectivity index (χ1v) is 12.9. The zero-order valence-corrected chi connectivity index (χ0v) is 22.5. The van der Waals surface area contributed by atoms with E-state index in [1.807, 2.05) is 67.6 Å². The van der Waals surface area contributed by atoms with Gasteiger partial charge in [0.05, 0.1) is 14.2 Å². The molecule has 0 saturated heterocycles. The molecule has 0 radical (unpaired) electrons. The van der Waals surface area contributed by atoms with E-state index >= 15 is 0 Å². The SMILES string of the molecule is CCCC(=O)N(Cc1ccc(Cl)cc1)C(Cc1ccccc1)C(=O)NCCc1ccc(OC)c(OC)c1. The zero-order valence-electron chi connectivity index (χ0n) is 21.7. The molecule has 37 heavy (non-hydrogen) atoms. The van der Waals surface area contributed by atoms with Gasteiger partial charge in [0.25, 0.3) is 0 Å². The van der Waals surface area contributed by atoms with E-state index in [0.29, 0.717) is 55.3 Å². The highest BCUT2D eigenvalue weighted by molar-refractivity contribution is 6.30. The third-order valence-corrected chi connectivity index (χ3v) is 6.41. The van der Waals surface area contributed by atoms with E-state index in [4.69, 9.17) is 21.1 Å². The number of ether oxygens (including phenoxy) is 2. The predicted molar refractivity (Wildman–Crippen MR) is 147 cm³/mol. The van der Waals surface area contributed by atoms with Gasteiger partial charge in [-0.05, 0) is 53.8 Å². The number of rotatable bonds is 13. The molecule has 0 spiro atoms. The lowest BCUT2D eigenvalue weighted by molar-refractivity contribution is -0.141. The molecule has 6 nitrogen and oxygen atoms in total. The third-order valence-electron chi connectivity index (χ3n) is 6.16. The Balaban J connectivity index is 1.80. The van der Waals surface area contributed by atoms with E-state index in [1.54, 1.807) is 31.3 Å². The smallest absolute Gasteiger partial charge is 0.243 e. The third kappa shape index (κ3) is 8.25. The molecule has 3 rings (SSSR count). The van der Waals surface area contributed by atoms with E-state index in [-0.39, 0.29) is 11.8 Å². The fraction of sp³-hybridized carbons (Fsp3) is 0.333. The molecule has 196 valence electrons. The summed E-state index contributed by atoms with van der Waals surface area (Å²) in [6.45, 7) is 2.72. The Hall–Kier alpha value is -3.51. The van der Waals surface area contributed by atoms with E-state index in [0.717, 1.165) is 16.7 Å². The van der Waals surface area contributed by atoms with Gasteiger partial charge < -0.3 is 19.7 Å². The lowest BCUT2D eigenvalue weighted by Gasteiger charge is -2.31. The van der Waals surface area contributed by atoms with Gasteiger partial charge in [-0.2, -0.15) is 0 Å². The van der Waals surface area contributed by atoms with Crippen LogP contribution in [0.15, 0.2) is 72.8 Å². The summed E-state index contributed by atoms with van der Waals surface area (Å²) in [5.41, 5.74) is 2.93. The summed E-state index contributed by atoms with van der Waals surface area (Å²) in [4.78, 5) is 28.6. The normalized spacial score (nSPS) is 11.5. The summed E-state index contributed by atoms with van der Waals surface area (Å²) in [6, 6.07) is 22.2. The van der Waals surface area contributed by atoms with Gasteiger partial charge in [0, 0.05) is 31.0 Å². The van der Waals surface area contributed by atoms with Gasteiger partial charge in [-0.25, -0.2) is 0 Å². The van der Waals surface area contributed by atoms with Crippen molar-refractivity contribution in [3.05, 3.63) is 94.5 Å². The summed E-state index contributed by atoms with van der Waals surface area (Å²) in [5.74, 6) is 1.08. The minimum absolute atomic E-state index is 0.0478. The number of carbonyl (C=O) groups excluding carboxylic acids is 2. The maximum Gasteiger partial charge on any atom is 0.243 e. The van der Waals surface area contributed by atoms with Gasteiger partial charge in [0.1, 0.15) is 6.04 Å². The summed E-state index contributed by atoms with van der Waals surface area (Å²) in [6.07, 6.45) is 2.11. The van der Waals surface area contributed by atoms with Gasteiger partial charge in [0.2, 0.25) is 11.8 Å². The van der Waals surface area contributed by atoms with Gasteiger partial charge >= 0.3 is 0 Å². The molecule has 7 heteroatoms. The van der Waals surface area contributed by atoms with Crippen molar-refractivity contribution in [1.29, 1.82) is 0 Å². The van der Waals surface area contributed by atoms with Crippen LogP contribution in [0.3, 0.4) is 0 Å². The van der Waals surface area contributed by atoms with Crippen LogP contribution < -0.4 is 14.8 Å². The number of methoxy groups -OCH3 is 2. The highest BCUT2D eigenvalue weighted by atomic mass is 35.5. The molecular weight excluding hydrogens is 488 g/mol. The maximum absolute atomic E-state index is 13.6.